The third kappa shape index (κ3) is 4.11. The zero-order valence-corrected chi connectivity index (χ0v) is 8.92. The minimum absolute atomic E-state index is 0.209. The van der Waals surface area contributed by atoms with Gasteiger partial charge in [0, 0.05) is 12.1 Å². The first-order valence-electron chi connectivity index (χ1n) is 4.66. The molecule has 0 amide bonds. The number of nitrogens with zero attached hydrogens (tertiary/aromatic N) is 1. The lowest BCUT2D eigenvalue weighted by atomic mass is 10.1. The zero-order valence-electron chi connectivity index (χ0n) is 8.92. The van der Waals surface area contributed by atoms with Crippen LogP contribution in [0.4, 0.5) is 4.39 Å². The largest absolute Gasteiger partial charge is 0.384 e. The Balaban J connectivity index is 2.94. The summed E-state index contributed by atoms with van der Waals surface area (Å²) in [5.41, 5.74) is 1.48. The third-order valence-corrected chi connectivity index (χ3v) is 1.77. The van der Waals surface area contributed by atoms with Gasteiger partial charge in [-0.2, -0.15) is 0 Å². The number of hydrogen-bond acceptors (Lipinski definition) is 2. The second-order valence-corrected chi connectivity index (χ2v) is 3.55. The second kappa shape index (κ2) is 5.50. The van der Waals surface area contributed by atoms with Gasteiger partial charge in [-0.25, -0.2) is 4.39 Å². The van der Waals surface area contributed by atoms with Gasteiger partial charge in [0.1, 0.15) is 12.4 Å². The summed E-state index contributed by atoms with van der Waals surface area (Å²) in [5.74, 6) is 4.89. The van der Waals surface area contributed by atoms with Crippen LogP contribution in [-0.2, 0) is 6.54 Å². The van der Waals surface area contributed by atoms with E-state index in [1.54, 1.807) is 0 Å². The first-order chi connectivity index (χ1) is 7.11. The Morgan fingerprint density at radius 3 is 2.67 bits per heavy atom. The summed E-state index contributed by atoms with van der Waals surface area (Å²) in [6, 6.07) is 4.68. The van der Waals surface area contributed by atoms with Crippen molar-refractivity contribution in [2.24, 2.45) is 0 Å². The van der Waals surface area contributed by atoms with Gasteiger partial charge in [-0.05, 0) is 37.9 Å². The summed E-state index contributed by atoms with van der Waals surface area (Å²) in [6.45, 7) is 0.463. The Labute approximate surface area is 89.3 Å². The Bertz CT molecular complexity index is 390. The van der Waals surface area contributed by atoms with Crippen molar-refractivity contribution in [3.8, 4) is 11.8 Å². The monoisotopic (exact) mass is 207 g/mol. The van der Waals surface area contributed by atoms with Crippen molar-refractivity contribution in [1.82, 2.24) is 4.90 Å². The molecule has 0 spiro atoms. The molecule has 0 heterocycles. The predicted molar refractivity (Wildman–Crippen MR) is 57.8 cm³/mol. The predicted octanol–water partition coefficient (Wildman–Crippen LogP) is 1.23. The molecule has 3 heteroatoms. The molecule has 0 bridgehead atoms. The maximum absolute atomic E-state index is 13.2. The summed E-state index contributed by atoms with van der Waals surface area (Å²) >= 11 is 0. The summed E-state index contributed by atoms with van der Waals surface area (Å²) in [7, 11) is 3.84. The normalized spacial score (nSPS) is 9.93. The maximum Gasteiger partial charge on any atom is 0.124 e. The minimum atomic E-state index is -0.295. The van der Waals surface area contributed by atoms with Crippen LogP contribution in [0.1, 0.15) is 11.1 Å². The van der Waals surface area contributed by atoms with Gasteiger partial charge in [-0.3, -0.25) is 0 Å². The fourth-order valence-corrected chi connectivity index (χ4v) is 1.32. The van der Waals surface area contributed by atoms with Gasteiger partial charge in [-0.15, -0.1) is 0 Å². The Morgan fingerprint density at radius 2 is 2.07 bits per heavy atom. The van der Waals surface area contributed by atoms with E-state index in [1.807, 2.05) is 25.1 Å². The number of aliphatic hydroxyl groups is 1. The average Bonchev–Trinajstić information content (AvgIpc) is 2.12. The first-order valence-corrected chi connectivity index (χ1v) is 4.66. The van der Waals surface area contributed by atoms with Crippen LogP contribution in [-0.4, -0.2) is 30.7 Å². The van der Waals surface area contributed by atoms with Gasteiger partial charge in [0.25, 0.3) is 0 Å². The van der Waals surface area contributed by atoms with Crippen molar-refractivity contribution in [3.63, 3.8) is 0 Å². The van der Waals surface area contributed by atoms with Gasteiger partial charge >= 0.3 is 0 Å². The highest BCUT2D eigenvalue weighted by Gasteiger charge is 2.00. The van der Waals surface area contributed by atoms with Crippen LogP contribution in [0.25, 0.3) is 0 Å². The van der Waals surface area contributed by atoms with E-state index in [2.05, 4.69) is 11.8 Å². The zero-order chi connectivity index (χ0) is 11.3. The minimum Gasteiger partial charge on any atom is -0.384 e. The molecule has 0 saturated carbocycles. The molecule has 0 saturated heterocycles. The van der Waals surface area contributed by atoms with Crippen molar-refractivity contribution < 1.29 is 9.50 Å². The summed E-state index contributed by atoms with van der Waals surface area (Å²) < 4.78 is 13.2. The average molecular weight is 207 g/mol. The fourth-order valence-electron chi connectivity index (χ4n) is 1.32. The van der Waals surface area contributed by atoms with E-state index in [0.717, 1.165) is 5.56 Å². The number of hydrogen-bond donors (Lipinski definition) is 1. The van der Waals surface area contributed by atoms with Crippen molar-refractivity contribution in [3.05, 3.63) is 35.1 Å². The summed E-state index contributed by atoms with van der Waals surface area (Å²) in [4.78, 5) is 1.96. The van der Waals surface area contributed by atoms with Crippen molar-refractivity contribution in [2.45, 2.75) is 6.54 Å². The smallest absolute Gasteiger partial charge is 0.124 e. The molecule has 1 aromatic carbocycles. The number of aliphatic hydroxyl groups excluding tert-OH is 1. The topological polar surface area (TPSA) is 23.5 Å². The van der Waals surface area contributed by atoms with Crippen LogP contribution in [0.15, 0.2) is 18.2 Å². The lowest BCUT2D eigenvalue weighted by Gasteiger charge is -2.09. The summed E-state index contributed by atoms with van der Waals surface area (Å²) in [5, 5.41) is 8.54. The van der Waals surface area contributed by atoms with Crippen LogP contribution in [0.3, 0.4) is 0 Å². The number of benzene rings is 1. The molecule has 80 valence electrons. The summed E-state index contributed by atoms with van der Waals surface area (Å²) in [6.07, 6.45) is 0. The van der Waals surface area contributed by atoms with Gasteiger partial charge in [0.05, 0.1) is 0 Å². The van der Waals surface area contributed by atoms with Crippen LogP contribution < -0.4 is 0 Å². The van der Waals surface area contributed by atoms with E-state index < -0.39 is 0 Å². The molecule has 0 fully saturated rings. The maximum atomic E-state index is 13.2. The van der Waals surface area contributed by atoms with Crippen molar-refractivity contribution in [1.29, 1.82) is 0 Å². The highest BCUT2D eigenvalue weighted by Crippen LogP contribution is 2.09. The third-order valence-electron chi connectivity index (χ3n) is 1.77. The number of halogens is 1. The molecule has 0 aromatic heterocycles. The first kappa shape index (κ1) is 11.7. The highest BCUT2D eigenvalue weighted by molar-refractivity contribution is 5.37. The molecule has 2 nitrogen and oxygen atoms in total. The van der Waals surface area contributed by atoms with Gasteiger partial charge in [-0.1, -0.05) is 11.8 Å². The van der Waals surface area contributed by atoms with E-state index in [1.165, 1.54) is 12.1 Å². The fraction of sp³-hybridized carbons (Fsp3) is 0.333. The van der Waals surface area contributed by atoms with E-state index in [9.17, 15) is 4.39 Å². The van der Waals surface area contributed by atoms with Crippen LogP contribution in [0.2, 0.25) is 0 Å². The number of rotatable bonds is 2. The molecule has 1 rings (SSSR count). The Kier molecular flexibility index (Phi) is 4.29. The van der Waals surface area contributed by atoms with Gasteiger partial charge in [0.2, 0.25) is 0 Å². The van der Waals surface area contributed by atoms with Crippen LogP contribution in [0.5, 0.6) is 0 Å². The molecule has 0 radical (unpaired) electrons. The van der Waals surface area contributed by atoms with E-state index in [4.69, 9.17) is 5.11 Å². The quantitative estimate of drug-likeness (QED) is 0.737. The van der Waals surface area contributed by atoms with Gasteiger partial charge in [0.15, 0.2) is 0 Å². The second-order valence-electron chi connectivity index (χ2n) is 3.55. The van der Waals surface area contributed by atoms with Crippen LogP contribution in [0, 0.1) is 17.7 Å². The van der Waals surface area contributed by atoms with E-state index >= 15 is 0 Å². The Hall–Kier alpha value is -1.37. The molecule has 0 unspecified atom stereocenters. The van der Waals surface area contributed by atoms with E-state index in [0.29, 0.717) is 12.1 Å². The molecule has 1 N–H and O–H groups in total. The molecule has 0 aliphatic carbocycles. The highest BCUT2D eigenvalue weighted by atomic mass is 19.1. The standard InChI is InChI=1S/C12H14FNO/c1-14(2)9-11-6-10(4-3-5-15)7-12(13)8-11/h6-8,15H,5,9H2,1-2H3. The van der Waals surface area contributed by atoms with E-state index in [-0.39, 0.29) is 12.4 Å². The van der Waals surface area contributed by atoms with Crippen LogP contribution >= 0.6 is 0 Å². The lowest BCUT2D eigenvalue weighted by Crippen LogP contribution is -2.10. The SMILES string of the molecule is CN(C)Cc1cc(F)cc(C#CCO)c1. The molecular weight excluding hydrogens is 193 g/mol. The molecule has 0 aliphatic heterocycles. The molecule has 0 atom stereocenters. The Morgan fingerprint density at radius 1 is 1.33 bits per heavy atom. The van der Waals surface area contributed by atoms with Gasteiger partial charge < -0.3 is 10.0 Å². The molecule has 1 aromatic rings. The molecular formula is C12H14FNO. The molecule has 15 heavy (non-hydrogen) atoms. The van der Waals surface area contributed by atoms with Crippen molar-refractivity contribution in [2.75, 3.05) is 20.7 Å². The molecule has 0 aliphatic rings. The van der Waals surface area contributed by atoms with Crippen molar-refractivity contribution >= 4 is 0 Å². The lowest BCUT2D eigenvalue weighted by molar-refractivity contribution is 0.350.